The standard InChI is InChI=1S/C12H10F3NO2/c1-3-18-11(17)9-5-8(6-16)10(4-7(9)2)12(13,14)15/h4-5H,3H2,1-2H3. The summed E-state index contributed by atoms with van der Waals surface area (Å²) < 4.78 is 42.6. The molecule has 0 aliphatic rings. The number of hydrogen-bond donors (Lipinski definition) is 0. The van der Waals surface area contributed by atoms with Crippen LogP contribution in [0.2, 0.25) is 0 Å². The van der Waals surface area contributed by atoms with Gasteiger partial charge in [0.15, 0.2) is 0 Å². The highest BCUT2D eigenvalue weighted by atomic mass is 19.4. The predicted octanol–water partition coefficient (Wildman–Crippen LogP) is 3.06. The highest BCUT2D eigenvalue weighted by Crippen LogP contribution is 2.33. The molecule has 18 heavy (non-hydrogen) atoms. The molecule has 0 unspecified atom stereocenters. The number of carbonyl (C=O) groups excluding carboxylic acids is 1. The van der Waals surface area contributed by atoms with Crippen LogP contribution in [0.4, 0.5) is 13.2 Å². The Hall–Kier alpha value is -2.03. The maximum atomic E-state index is 12.6. The number of esters is 1. The van der Waals surface area contributed by atoms with Gasteiger partial charge in [-0.2, -0.15) is 18.4 Å². The first-order valence-electron chi connectivity index (χ1n) is 5.10. The van der Waals surface area contributed by atoms with E-state index in [2.05, 4.69) is 0 Å². The van der Waals surface area contributed by atoms with E-state index in [0.717, 1.165) is 12.1 Å². The number of carbonyl (C=O) groups is 1. The summed E-state index contributed by atoms with van der Waals surface area (Å²) in [4.78, 5) is 11.5. The zero-order valence-electron chi connectivity index (χ0n) is 9.76. The van der Waals surface area contributed by atoms with Crippen LogP contribution in [0, 0.1) is 18.3 Å². The summed E-state index contributed by atoms with van der Waals surface area (Å²) in [6.45, 7) is 3.06. The molecule has 0 aromatic heterocycles. The highest BCUT2D eigenvalue weighted by molar-refractivity contribution is 5.91. The third-order valence-corrected chi connectivity index (χ3v) is 2.29. The first kappa shape index (κ1) is 14.0. The lowest BCUT2D eigenvalue weighted by Crippen LogP contribution is -2.12. The molecule has 0 aliphatic carbocycles. The van der Waals surface area contributed by atoms with Gasteiger partial charge in [-0.15, -0.1) is 0 Å². The Kier molecular flexibility index (Phi) is 3.96. The summed E-state index contributed by atoms with van der Waals surface area (Å²) in [6, 6.07) is 3.13. The van der Waals surface area contributed by atoms with Gasteiger partial charge in [-0.05, 0) is 31.5 Å². The van der Waals surface area contributed by atoms with Gasteiger partial charge >= 0.3 is 12.1 Å². The van der Waals surface area contributed by atoms with Gasteiger partial charge in [0.25, 0.3) is 0 Å². The molecule has 0 fully saturated rings. The molecular weight excluding hydrogens is 247 g/mol. The highest BCUT2D eigenvalue weighted by Gasteiger charge is 2.34. The minimum absolute atomic E-state index is 0.0265. The molecule has 0 spiro atoms. The Morgan fingerprint density at radius 1 is 1.44 bits per heavy atom. The molecule has 1 rings (SSSR count). The van der Waals surface area contributed by atoms with E-state index in [9.17, 15) is 18.0 Å². The number of alkyl halides is 3. The molecule has 6 heteroatoms. The maximum absolute atomic E-state index is 12.6. The number of halogens is 3. The molecule has 0 heterocycles. The van der Waals surface area contributed by atoms with Crippen LogP contribution in [0.15, 0.2) is 12.1 Å². The van der Waals surface area contributed by atoms with Crippen molar-refractivity contribution in [3.8, 4) is 6.07 Å². The van der Waals surface area contributed by atoms with Gasteiger partial charge in [0.05, 0.1) is 29.4 Å². The second kappa shape index (κ2) is 5.08. The van der Waals surface area contributed by atoms with Crippen molar-refractivity contribution < 1.29 is 22.7 Å². The topological polar surface area (TPSA) is 50.1 Å². The number of ether oxygens (including phenoxy) is 1. The van der Waals surface area contributed by atoms with Crippen molar-refractivity contribution in [2.24, 2.45) is 0 Å². The SMILES string of the molecule is CCOC(=O)c1cc(C#N)c(C(F)(F)F)cc1C. The van der Waals surface area contributed by atoms with Crippen molar-refractivity contribution in [2.75, 3.05) is 6.61 Å². The minimum atomic E-state index is -4.62. The molecule has 0 bridgehead atoms. The first-order chi connectivity index (χ1) is 8.31. The summed E-state index contributed by atoms with van der Waals surface area (Å²) in [5.74, 6) is -0.736. The normalized spacial score (nSPS) is 10.9. The molecule has 96 valence electrons. The monoisotopic (exact) mass is 257 g/mol. The van der Waals surface area contributed by atoms with Crippen molar-refractivity contribution in [1.82, 2.24) is 0 Å². The van der Waals surface area contributed by atoms with Gasteiger partial charge in [0, 0.05) is 0 Å². The zero-order valence-corrected chi connectivity index (χ0v) is 9.76. The van der Waals surface area contributed by atoms with E-state index in [0.29, 0.717) is 0 Å². The van der Waals surface area contributed by atoms with Crippen LogP contribution in [-0.2, 0) is 10.9 Å². The zero-order chi connectivity index (χ0) is 13.9. The number of nitrogens with zero attached hydrogens (tertiary/aromatic N) is 1. The second-order valence-corrected chi connectivity index (χ2v) is 3.54. The van der Waals surface area contributed by atoms with Gasteiger partial charge in [0.2, 0.25) is 0 Å². The van der Waals surface area contributed by atoms with E-state index >= 15 is 0 Å². The Morgan fingerprint density at radius 3 is 2.50 bits per heavy atom. The van der Waals surface area contributed by atoms with Crippen LogP contribution in [0.5, 0.6) is 0 Å². The van der Waals surface area contributed by atoms with Crippen molar-refractivity contribution >= 4 is 5.97 Å². The average Bonchev–Trinajstić information content (AvgIpc) is 2.27. The summed E-state index contributed by atoms with van der Waals surface area (Å²) in [7, 11) is 0. The molecule has 3 nitrogen and oxygen atoms in total. The molecule has 1 aromatic carbocycles. The van der Waals surface area contributed by atoms with E-state index in [4.69, 9.17) is 10.00 Å². The predicted molar refractivity (Wildman–Crippen MR) is 56.9 cm³/mol. The van der Waals surface area contributed by atoms with Crippen molar-refractivity contribution in [3.63, 3.8) is 0 Å². The summed E-state index contributed by atoms with van der Waals surface area (Å²) >= 11 is 0. The van der Waals surface area contributed by atoms with Gasteiger partial charge in [-0.25, -0.2) is 4.79 Å². The molecule has 0 saturated heterocycles. The van der Waals surface area contributed by atoms with Gasteiger partial charge in [-0.1, -0.05) is 0 Å². The molecule has 0 amide bonds. The third kappa shape index (κ3) is 2.80. The van der Waals surface area contributed by atoms with Crippen molar-refractivity contribution in [1.29, 1.82) is 5.26 Å². The van der Waals surface area contributed by atoms with Gasteiger partial charge < -0.3 is 4.74 Å². The summed E-state index contributed by atoms with van der Waals surface area (Å²) in [6.07, 6.45) is -4.62. The average molecular weight is 257 g/mol. The lowest BCUT2D eigenvalue weighted by Gasteiger charge is -2.12. The van der Waals surface area contributed by atoms with Gasteiger partial charge in [-0.3, -0.25) is 0 Å². The quantitative estimate of drug-likeness (QED) is 0.765. The van der Waals surface area contributed by atoms with E-state index in [1.165, 1.54) is 13.0 Å². The van der Waals surface area contributed by atoms with E-state index in [1.807, 2.05) is 0 Å². The van der Waals surface area contributed by atoms with E-state index < -0.39 is 23.3 Å². The van der Waals surface area contributed by atoms with Gasteiger partial charge in [0.1, 0.15) is 0 Å². The summed E-state index contributed by atoms with van der Waals surface area (Å²) in [5, 5.41) is 8.71. The Labute approximate surface area is 102 Å². The number of rotatable bonds is 2. The van der Waals surface area contributed by atoms with Crippen LogP contribution in [0.1, 0.15) is 34.0 Å². The number of hydrogen-bond acceptors (Lipinski definition) is 3. The van der Waals surface area contributed by atoms with Crippen LogP contribution >= 0.6 is 0 Å². The molecule has 0 saturated carbocycles. The molecular formula is C12H10F3NO2. The smallest absolute Gasteiger partial charge is 0.417 e. The van der Waals surface area contributed by atoms with Crippen LogP contribution in [-0.4, -0.2) is 12.6 Å². The maximum Gasteiger partial charge on any atom is 0.417 e. The third-order valence-electron chi connectivity index (χ3n) is 2.29. The first-order valence-corrected chi connectivity index (χ1v) is 5.10. The number of benzene rings is 1. The molecule has 0 N–H and O–H groups in total. The van der Waals surface area contributed by atoms with E-state index in [-0.39, 0.29) is 17.7 Å². The van der Waals surface area contributed by atoms with E-state index in [1.54, 1.807) is 6.92 Å². The van der Waals surface area contributed by atoms with Crippen molar-refractivity contribution in [2.45, 2.75) is 20.0 Å². The fraction of sp³-hybridized carbons (Fsp3) is 0.333. The Balaban J connectivity index is 3.37. The lowest BCUT2D eigenvalue weighted by atomic mass is 9.99. The fourth-order valence-electron chi connectivity index (χ4n) is 1.46. The fourth-order valence-corrected chi connectivity index (χ4v) is 1.46. The molecule has 0 atom stereocenters. The summed E-state index contributed by atoms with van der Waals surface area (Å²) in [5.41, 5.74) is -1.53. The van der Waals surface area contributed by atoms with Crippen molar-refractivity contribution in [3.05, 3.63) is 34.4 Å². The van der Waals surface area contributed by atoms with Crippen LogP contribution in [0.3, 0.4) is 0 Å². The second-order valence-electron chi connectivity index (χ2n) is 3.54. The Bertz CT molecular complexity index is 515. The molecule has 0 aliphatic heterocycles. The minimum Gasteiger partial charge on any atom is -0.462 e. The van der Waals surface area contributed by atoms with Crippen LogP contribution in [0.25, 0.3) is 0 Å². The largest absolute Gasteiger partial charge is 0.462 e. The lowest BCUT2D eigenvalue weighted by molar-refractivity contribution is -0.137. The number of nitriles is 1. The molecule has 1 aromatic rings. The molecule has 0 radical (unpaired) electrons. The van der Waals surface area contributed by atoms with Crippen LogP contribution < -0.4 is 0 Å². The Morgan fingerprint density at radius 2 is 2.06 bits per heavy atom. The number of aryl methyl sites for hydroxylation is 1.